The van der Waals surface area contributed by atoms with Crippen LogP contribution in [0.2, 0.25) is 10.0 Å². The van der Waals surface area contributed by atoms with E-state index in [1.165, 1.54) is 4.68 Å². The average molecular weight is 333 g/mol. The molecule has 0 aliphatic rings. The van der Waals surface area contributed by atoms with Crippen LogP contribution in [0.4, 0.5) is 5.82 Å². The lowest BCUT2D eigenvalue weighted by Crippen LogP contribution is -2.15. The predicted octanol–water partition coefficient (Wildman–Crippen LogP) is 3.91. The summed E-state index contributed by atoms with van der Waals surface area (Å²) in [5.74, 6) is 2.81. The van der Waals surface area contributed by atoms with Gasteiger partial charge in [-0.1, -0.05) is 49.9 Å². The van der Waals surface area contributed by atoms with Crippen molar-refractivity contribution < 1.29 is 0 Å². The first kappa shape index (κ1) is 16.2. The highest BCUT2D eigenvalue weighted by Crippen LogP contribution is 2.36. The van der Waals surface area contributed by atoms with Gasteiger partial charge in [0.1, 0.15) is 17.6 Å². The molecule has 0 amide bonds. The molecule has 0 radical (unpaired) electrons. The van der Waals surface area contributed by atoms with Crippen molar-refractivity contribution in [3.63, 3.8) is 0 Å². The van der Waals surface area contributed by atoms with Gasteiger partial charge in [-0.3, -0.25) is 0 Å². The largest absolute Gasteiger partial charge is 0.383 e. The number of nitriles is 1. The van der Waals surface area contributed by atoms with E-state index in [-0.39, 0.29) is 11.1 Å². The molecule has 1 aromatic carbocycles. The number of aromatic nitrogens is 2. The second-order valence-electron chi connectivity index (χ2n) is 5.82. The number of nitrogen functional groups attached to an aromatic ring is 1. The standard InChI is InChI=1S/C16H14Cl2N4/c1-5-9-6-10(17)14(11(18)7-9)22-15(20)13(16(2,3)4)12(8-19)21-22/h1,6-7H,20H2,2-4H3. The van der Waals surface area contributed by atoms with E-state index in [0.29, 0.717) is 32.7 Å². The maximum Gasteiger partial charge on any atom is 0.168 e. The van der Waals surface area contributed by atoms with Gasteiger partial charge < -0.3 is 5.73 Å². The molecule has 0 aliphatic heterocycles. The summed E-state index contributed by atoms with van der Waals surface area (Å²) in [7, 11) is 0. The molecule has 0 aliphatic carbocycles. The van der Waals surface area contributed by atoms with Crippen molar-refractivity contribution in [2.45, 2.75) is 26.2 Å². The zero-order valence-corrected chi connectivity index (χ0v) is 13.9. The molecule has 2 N–H and O–H groups in total. The summed E-state index contributed by atoms with van der Waals surface area (Å²) in [5.41, 5.74) is 7.73. The molecule has 0 saturated carbocycles. The van der Waals surface area contributed by atoms with E-state index in [0.717, 1.165) is 0 Å². The number of nitrogens with two attached hydrogens (primary N) is 1. The maximum atomic E-state index is 9.31. The fourth-order valence-corrected chi connectivity index (χ4v) is 2.92. The molecule has 0 atom stereocenters. The second-order valence-corrected chi connectivity index (χ2v) is 6.63. The van der Waals surface area contributed by atoms with Crippen LogP contribution in [0.5, 0.6) is 0 Å². The molecule has 0 bridgehead atoms. The van der Waals surface area contributed by atoms with Crippen LogP contribution in [-0.4, -0.2) is 9.78 Å². The third kappa shape index (κ3) is 2.64. The molecule has 2 rings (SSSR count). The van der Waals surface area contributed by atoms with Crippen molar-refractivity contribution in [3.8, 4) is 24.1 Å². The summed E-state index contributed by atoms with van der Waals surface area (Å²) in [6.45, 7) is 5.86. The van der Waals surface area contributed by atoms with Crippen LogP contribution >= 0.6 is 23.2 Å². The number of rotatable bonds is 1. The van der Waals surface area contributed by atoms with Gasteiger partial charge in [0.25, 0.3) is 0 Å². The first-order valence-corrected chi connectivity index (χ1v) is 7.21. The Kier molecular flexibility index (Phi) is 4.11. The van der Waals surface area contributed by atoms with Crippen molar-refractivity contribution in [2.75, 3.05) is 5.73 Å². The van der Waals surface area contributed by atoms with Gasteiger partial charge in [0.2, 0.25) is 0 Å². The zero-order valence-electron chi connectivity index (χ0n) is 12.4. The molecular formula is C16H14Cl2N4. The van der Waals surface area contributed by atoms with E-state index in [1.54, 1.807) is 12.1 Å². The van der Waals surface area contributed by atoms with E-state index < -0.39 is 0 Å². The van der Waals surface area contributed by atoms with Crippen LogP contribution in [0.1, 0.15) is 37.6 Å². The number of hydrogen-bond donors (Lipinski definition) is 1. The minimum absolute atomic E-state index is 0.248. The van der Waals surface area contributed by atoms with E-state index in [2.05, 4.69) is 17.1 Å². The number of benzene rings is 1. The van der Waals surface area contributed by atoms with Gasteiger partial charge in [0.05, 0.1) is 10.0 Å². The van der Waals surface area contributed by atoms with Gasteiger partial charge in [-0.2, -0.15) is 10.4 Å². The van der Waals surface area contributed by atoms with E-state index >= 15 is 0 Å². The number of anilines is 1. The summed E-state index contributed by atoms with van der Waals surface area (Å²) < 4.78 is 1.39. The lowest BCUT2D eigenvalue weighted by atomic mass is 9.86. The topological polar surface area (TPSA) is 67.6 Å². The fourth-order valence-electron chi connectivity index (χ4n) is 2.27. The number of terminal acetylenes is 1. The first-order valence-electron chi connectivity index (χ1n) is 6.45. The SMILES string of the molecule is C#Cc1cc(Cl)c(-n2nc(C#N)c(C(C)(C)C)c2N)c(Cl)c1. The van der Waals surface area contributed by atoms with Gasteiger partial charge in [-0.05, 0) is 17.5 Å². The predicted molar refractivity (Wildman–Crippen MR) is 89.3 cm³/mol. The van der Waals surface area contributed by atoms with Gasteiger partial charge in [-0.15, -0.1) is 6.42 Å². The molecular weight excluding hydrogens is 319 g/mol. The minimum Gasteiger partial charge on any atom is -0.383 e. The third-order valence-corrected chi connectivity index (χ3v) is 3.75. The summed E-state index contributed by atoms with van der Waals surface area (Å²) >= 11 is 12.5. The molecule has 6 heteroatoms. The summed E-state index contributed by atoms with van der Waals surface area (Å²) in [4.78, 5) is 0. The van der Waals surface area contributed by atoms with Crippen molar-refractivity contribution in [2.24, 2.45) is 0 Å². The zero-order chi connectivity index (χ0) is 16.7. The minimum atomic E-state index is -0.342. The molecule has 0 saturated heterocycles. The molecule has 112 valence electrons. The lowest BCUT2D eigenvalue weighted by Gasteiger charge is -2.18. The number of halogens is 2. The summed E-state index contributed by atoms with van der Waals surface area (Å²) in [5, 5.41) is 14.2. The van der Waals surface area contributed by atoms with Crippen LogP contribution in [-0.2, 0) is 5.41 Å². The van der Waals surface area contributed by atoms with E-state index in [9.17, 15) is 5.26 Å². The number of nitrogens with zero attached hydrogens (tertiary/aromatic N) is 3. The Labute approximate surface area is 139 Å². The van der Waals surface area contributed by atoms with Crippen molar-refractivity contribution >= 4 is 29.0 Å². The third-order valence-electron chi connectivity index (χ3n) is 3.17. The Balaban J connectivity index is 2.79. The van der Waals surface area contributed by atoms with Crippen LogP contribution in [0.3, 0.4) is 0 Å². The quantitative estimate of drug-likeness (QED) is 0.805. The van der Waals surface area contributed by atoms with Crippen molar-refractivity contribution in [1.82, 2.24) is 9.78 Å². The Hall–Kier alpha value is -2.14. The molecule has 22 heavy (non-hydrogen) atoms. The fraction of sp³-hybridized carbons (Fsp3) is 0.250. The van der Waals surface area contributed by atoms with Gasteiger partial charge in [0.15, 0.2) is 5.69 Å². The molecule has 4 nitrogen and oxygen atoms in total. The molecule has 0 unspecified atom stereocenters. The van der Waals surface area contributed by atoms with Crippen molar-refractivity contribution in [3.05, 3.63) is 39.0 Å². The Morgan fingerprint density at radius 2 is 1.82 bits per heavy atom. The Morgan fingerprint density at radius 1 is 1.27 bits per heavy atom. The van der Waals surface area contributed by atoms with E-state index in [4.69, 9.17) is 35.4 Å². The van der Waals surface area contributed by atoms with Gasteiger partial charge in [0, 0.05) is 11.1 Å². The highest BCUT2D eigenvalue weighted by molar-refractivity contribution is 6.38. The second kappa shape index (κ2) is 5.57. The van der Waals surface area contributed by atoms with Crippen LogP contribution in [0.15, 0.2) is 12.1 Å². The Morgan fingerprint density at radius 3 is 2.18 bits per heavy atom. The molecule has 2 aromatic rings. The molecule has 1 heterocycles. The van der Waals surface area contributed by atoms with Crippen molar-refractivity contribution in [1.29, 1.82) is 5.26 Å². The van der Waals surface area contributed by atoms with Crippen LogP contribution < -0.4 is 5.73 Å². The summed E-state index contributed by atoms with van der Waals surface area (Å²) in [6, 6.07) is 5.27. The Bertz CT molecular complexity index is 807. The highest BCUT2D eigenvalue weighted by atomic mass is 35.5. The van der Waals surface area contributed by atoms with Gasteiger partial charge >= 0.3 is 0 Å². The highest BCUT2D eigenvalue weighted by Gasteiger charge is 2.28. The van der Waals surface area contributed by atoms with E-state index in [1.807, 2.05) is 20.8 Å². The monoisotopic (exact) mass is 332 g/mol. The normalized spacial score (nSPS) is 11.0. The first-order chi connectivity index (χ1) is 10.2. The maximum absolute atomic E-state index is 9.31. The molecule has 1 aromatic heterocycles. The molecule has 0 spiro atoms. The number of hydrogen-bond acceptors (Lipinski definition) is 3. The molecule has 0 fully saturated rings. The summed E-state index contributed by atoms with van der Waals surface area (Å²) in [6.07, 6.45) is 5.36. The van der Waals surface area contributed by atoms with Gasteiger partial charge in [-0.25, -0.2) is 4.68 Å². The van der Waals surface area contributed by atoms with Crippen LogP contribution in [0.25, 0.3) is 5.69 Å². The smallest absolute Gasteiger partial charge is 0.168 e. The van der Waals surface area contributed by atoms with Crippen LogP contribution in [0, 0.1) is 23.7 Å². The average Bonchev–Trinajstić information content (AvgIpc) is 2.74. The lowest BCUT2D eigenvalue weighted by molar-refractivity contribution is 0.591.